The molecule has 0 unspecified atom stereocenters. The molecule has 0 saturated carbocycles. The molecule has 0 bridgehead atoms. The van der Waals surface area contributed by atoms with Gasteiger partial charge in [0, 0.05) is 16.7 Å². The number of hydrogen-bond donors (Lipinski definition) is 1. The summed E-state index contributed by atoms with van der Waals surface area (Å²) < 4.78 is 87.6. The van der Waals surface area contributed by atoms with E-state index in [0.717, 1.165) is 29.3 Å². The number of rotatable bonds is 7. The maximum Gasteiger partial charge on any atom is 0.416 e. The van der Waals surface area contributed by atoms with Crippen LogP contribution in [0, 0.1) is 11.3 Å². The summed E-state index contributed by atoms with van der Waals surface area (Å²) in [6.07, 6.45) is -9.08. The zero-order valence-electron chi connectivity index (χ0n) is 26.5. The van der Waals surface area contributed by atoms with Crippen molar-refractivity contribution >= 4 is 5.97 Å². The normalized spacial score (nSPS) is 11.5. The molecule has 4 aromatic carbocycles. The molecule has 0 aliphatic heterocycles. The van der Waals surface area contributed by atoms with Crippen molar-refractivity contribution in [3.05, 3.63) is 106 Å². The van der Waals surface area contributed by atoms with Crippen LogP contribution in [0.2, 0.25) is 0 Å². The van der Waals surface area contributed by atoms with Crippen LogP contribution in [0.1, 0.15) is 77.7 Å². The summed E-state index contributed by atoms with van der Waals surface area (Å²) in [7, 11) is 2.92. The van der Waals surface area contributed by atoms with E-state index in [1.165, 1.54) is 26.4 Å². The van der Waals surface area contributed by atoms with E-state index < -0.39 is 35.0 Å². The van der Waals surface area contributed by atoms with Gasteiger partial charge < -0.3 is 14.6 Å². The molecular weight excluding hydrogens is 624 g/mol. The van der Waals surface area contributed by atoms with Gasteiger partial charge in [-0.15, -0.1) is 0 Å². The van der Waals surface area contributed by atoms with E-state index in [4.69, 9.17) is 9.47 Å². The number of halogens is 6. The van der Waals surface area contributed by atoms with E-state index in [2.05, 4.69) is 0 Å². The first-order valence-corrected chi connectivity index (χ1v) is 14.3. The molecule has 0 atom stereocenters. The lowest BCUT2D eigenvalue weighted by Gasteiger charge is -2.16. The number of alkyl halides is 6. The average molecular weight is 658 g/mol. The van der Waals surface area contributed by atoms with Crippen molar-refractivity contribution < 1.29 is 45.7 Å². The van der Waals surface area contributed by atoms with Gasteiger partial charge in [-0.2, -0.15) is 31.6 Å². The number of carbonyl (C=O) groups is 1. The average Bonchev–Trinajstić information content (AvgIpc) is 3.02. The van der Waals surface area contributed by atoms with Gasteiger partial charge in [-0.25, -0.2) is 4.79 Å². The number of methoxy groups -OCH3 is 2. The van der Waals surface area contributed by atoms with Crippen LogP contribution in [0.15, 0.2) is 72.8 Å². The Morgan fingerprint density at radius 2 is 1.09 bits per heavy atom. The Bertz CT molecular complexity index is 1790. The van der Waals surface area contributed by atoms with Crippen molar-refractivity contribution in [1.29, 1.82) is 5.26 Å². The van der Waals surface area contributed by atoms with Gasteiger partial charge in [0.15, 0.2) is 0 Å². The third-order valence-electron chi connectivity index (χ3n) is 7.41. The zero-order valence-corrected chi connectivity index (χ0v) is 26.5. The van der Waals surface area contributed by atoms with Crippen molar-refractivity contribution in [2.45, 2.75) is 51.9 Å². The minimum atomic E-state index is -4.60. The fourth-order valence-electron chi connectivity index (χ4n) is 4.77. The molecule has 0 spiro atoms. The Hall–Kier alpha value is -4.98. The van der Waals surface area contributed by atoms with Crippen molar-refractivity contribution in [1.82, 2.24) is 0 Å². The summed E-state index contributed by atoms with van der Waals surface area (Å²) in [5, 5.41) is 18.6. The molecule has 248 valence electrons. The van der Waals surface area contributed by atoms with Crippen LogP contribution in [-0.4, -0.2) is 25.3 Å². The third kappa shape index (κ3) is 8.64. The van der Waals surface area contributed by atoms with E-state index in [9.17, 15) is 41.5 Å². The molecule has 0 aromatic heterocycles. The highest BCUT2D eigenvalue weighted by Crippen LogP contribution is 2.39. The largest absolute Gasteiger partial charge is 0.496 e. The molecule has 0 amide bonds. The predicted molar refractivity (Wildman–Crippen MR) is 167 cm³/mol. The summed E-state index contributed by atoms with van der Waals surface area (Å²) in [4.78, 5) is 11.5. The van der Waals surface area contributed by atoms with E-state index in [1.54, 1.807) is 18.2 Å². The number of nitrogens with zero attached hydrogens (tertiary/aromatic N) is 1. The molecule has 0 radical (unpaired) electrons. The molecule has 11 heteroatoms. The van der Waals surface area contributed by atoms with E-state index in [0.29, 0.717) is 34.3 Å². The highest BCUT2D eigenvalue weighted by atomic mass is 19.4. The van der Waals surface area contributed by atoms with E-state index >= 15 is 0 Å². The molecular formula is C36H33F6NO4. The fourth-order valence-corrected chi connectivity index (χ4v) is 4.77. The Morgan fingerprint density at radius 3 is 1.47 bits per heavy atom. The van der Waals surface area contributed by atoms with Crippen LogP contribution in [0.5, 0.6) is 11.5 Å². The lowest BCUT2D eigenvalue weighted by molar-refractivity contribution is -0.138. The van der Waals surface area contributed by atoms with Crippen molar-refractivity contribution in [2.24, 2.45) is 0 Å². The molecule has 47 heavy (non-hydrogen) atoms. The van der Waals surface area contributed by atoms with Crippen LogP contribution in [0.25, 0.3) is 22.3 Å². The second-order valence-corrected chi connectivity index (χ2v) is 11.2. The molecule has 0 aliphatic rings. The SMILES string of the molecule is COc1ccc(C(C)C)cc1-c1ccc(C(F)(F)F)cc1C#N.COc1ccc(C(C)C)cc1-c1ccc(C(F)(F)F)cc1C(=O)O. The molecule has 0 fully saturated rings. The maximum absolute atomic E-state index is 12.9. The van der Waals surface area contributed by atoms with Crippen molar-refractivity contribution in [3.8, 4) is 39.8 Å². The van der Waals surface area contributed by atoms with Crippen LogP contribution >= 0.6 is 0 Å². The summed E-state index contributed by atoms with van der Waals surface area (Å²) in [6.45, 7) is 7.97. The van der Waals surface area contributed by atoms with Crippen molar-refractivity contribution in [2.75, 3.05) is 14.2 Å². The maximum atomic E-state index is 12.9. The first-order valence-electron chi connectivity index (χ1n) is 14.3. The minimum absolute atomic E-state index is 0.0287. The first-order chi connectivity index (χ1) is 21.9. The number of nitriles is 1. The number of aromatic carboxylic acids is 1. The molecule has 1 N–H and O–H groups in total. The van der Waals surface area contributed by atoms with Gasteiger partial charge in [-0.1, -0.05) is 52.0 Å². The Morgan fingerprint density at radius 1 is 0.660 bits per heavy atom. The van der Waals surface area contributed by atoms with Crippen LogP contribution < -0.4 is 9.47 Å². The lowest BCUT2D eigenvalue weighted by Crippen LogP contribution is -2.09. The summed E-state index contributed by atoms with van der Waals surface area (Å²) in [5.41, 5.74) is 1.36. The lowest BCUT2D eigenvalue weighted by atomic mass is 9.93. The Balaban J connectivity index is 0.000000256. The predicted octanol–water partition coefficient (Wildman–Crippen LogP) is 10.6. The minimum Gasteiger partial charge on any atom is -0.496 e. The fraction of sp³-hybridized carbons (Fsp3) is 0.278. The highest BCUT2D eigenvalue weighted by molar-refractivity contribution is 5.97. The smallest absolute Gasteiger partial charge is 0.416 e. The van der Waals surface area contributed by atoms with Gasteiger partial charge >= 0.3 is 18.3 Å². The van der Waals surface area contributed by atoms with Crippen LogP contribution in [-0.2, 0) is 12.4 Å². The third-order valence-corrected chi connectivity index (χ3v) is 7.41. The Kier molecular flexibility index (Phi) is 11.4. The second kappa shape index (κ2) is 14.6. The highest BCUT2D eigenvalue weighted by Gasteiger charge is 2.33. The van der Waals surface area contributed by atoms with Crippen molar-refractivity contribution in [3.63, 3.8) is 0 Å². The first kappa shape index (κ1) is 36.5. The second-order valence-electron chi connectivity index (χ2n) is 11.2. The zero-order chi connectivity index (χ0) is 35.3. The Labute approximate surface area is 269 Å². The van der Waals surface area contributed by atoms with Gasteiger partial charge in [0.25, 0.3) is 0 Å². The monoisotopic (exact) mass is 657 g/mol. The van der Waals surface area contributed by atoms with E-state index in [1.807, 2.05) is 52.0 Å². The summed E-state index contributed by atoms with van der Waals surface area (Å²) >= 11 is 0. The summed E-state index contributed by atoms with van der Waals surface area (Å²) in [5.74, 6) is -0.0718. The molecule has 0 aliphatic carbocycles. The number of ether oxygens (including phenoxy) is 2. The van der Waals surface area contributed by atoms with Gasteiger partial charge in [-0.05, 0) is 77.1 Å². The van der Waals surface area contributed by atoms with Gasteiger partial charge in [0.1, 0.15) is 11.5 Å². The van der Waals surface area contributed by atoms with Crippen LogP contribution in [0.4, 0.5) is 26.3 Å². The molecule has 5 nitrogen and oxygen atoms in total. The molecule has 4 rings (SSSR count). The van der Waals surface area contributed by atoms with Gasteiger partial charge in [0.05, 0.1) is 42.5 Å². The molecule has 0 heterocycles. The standard InChI is InChI=1S/C18H16F3NO.C18H17F3O3/c1-11(2)12-4-7-17(23-3)16(9-12)15-6-5-14(18(19,20)21)8-13(15)10-22;1-10(2)11-4-7-16(24-3)14(8-11)13-6-5-12(18(19,20)21)9-15(13)17(22)23/h4-9,11H,1-3H3;4-10H,1-3H3,(H,22,23). The quantitative estimate of drug-likeness (QED) is 0.200. The van der Waals surface area contributed by atoms with Gasteiger partial charge in [0.2, 0.25) is 0 Å². The number of carboxylic acid groups (broad SMARTS) is 1. The number of carboxylic acids is 1. The topological polar surface area (TPSA) is 79.5 Å². The van der Waals surface area contributed by atoms with E-state index in [-0.39, 0.29) is 23.0 Å². The summed E-state index contributed by atoms with van der Waals surface area (Å²) in [6, 6.07) is 18.5. The molecule has 0 saturated heterocycles. The molecule has 4 aromatic rings. The van der Waals surface area contributed by atoms with Gasteiger partial charge in [-0.3, -0.25) is 0 Å². The van der Waals surface area contributed by atoms with Crippen LogP contribution in [0.3, 0.4) is 0 Å². The number of hydrogen-bond acceptors (Lipinski definition) is 4. The number of benzene rings is 4.